The zero-order valence-electron chi connectivity index (χ0n) is 11.8. The van der Waals surface area contributed by atoms with Crippen molar-refractivity contribution in [2.75, 3.05) is 13.1 Å². The fourth-order valence-electron chi connectivity index (χ4n) is 3.28. The third-order valence-electron chi connectivity index (χ3n) is 4.59. The Bertz CT molecular complexity index is 592. The predicted molar refractivity (Wildman–Crippen MR) is 80.4 cm³/mol. The molecule has 1 saturated heterocycles. The Morgan fingerprint density at radius 2 is 1.85 bits per heavy atom. The van der Waals surface area contributed by atoms with Gasteiger partial charge >= 0.3 is 0 Å². The Morgan fingerprint density at radius 1 is 1.00 bits per heavy atom. The Hall–Kier alpha value is -1.61. The van der Waals surface area contributed by atoms with Gasteiger partial charge in [-0.25, -0.2) is 4.68 Å². The van der Waals surface area contributed by atoms with Gasteiger partial charge in [-0.15, -0.1) is 0 Å². The molecule has 1 aliphatic carbocycles. The highest BCUT2D eigenvalue weighted by molar-refractivity contribution is 5.39. The molecule has 3 heteroatoms. The average molecular weight is 267 g/mol. The number of piperidine rings is 1. The second kappa shape index (κ2) is 5.06. The van der Waals surface area contributed by atoms with Crippen LogP contribution in [0.25, 0.3) is 5.69 Å². The van der Waals surface area contributed by atoms with Crippen molar-refractivity contribution in [1.29, 1.82) is 0 Å². The monoisotopic (exact) mass is 267 g/mol. The molecule has 0 bridgehead atoms. The van der Waals surface area contributed by atoms with Crippen molar-refractivity contribution in [2.45, 2.75) is 37.5 Å². The largest absolute Gasteiger partial charge is 0.317 e. The summed E-state index contributed by atoms with van der Waals surface area (Å²) in [7, 11) is 0. The lowest BCUT2D eigenvalue weighted by atomic mass is 9.90. The van der Waals surface area contributed by atoms with Crippen molar-refractivity contribution in [3.8, 4) is 5.69 Å². The predicted octanol–water partition coefficient (Wildman–Crippen LogP) is 3.22. The summed E-state index contributed by atoms with van der Waals surface area (Å²) in [4.78, 5) is 0. The van der Waals surface area contributed by atoms with Gasteiger partial charge in [0.25, 0.3) is 0 Å². The molecule has 3 nitrogen and oxygen atoms in total. The number of aromatic nitrogens is 2. The first-order valence-electron chi connectivity index (χ1n) is 7.77. The van der Waals surface area contributed by atoms with Gasteiger partial charge in [0, 0.05) is 17.8 Å². The van der Waals surface area contributed by atoms with Gasteiger partial charge in [-0.2, -0.15) is 5.10 Å². The van der Waals surface area contributed by atoms with Crippen LogP contribution < -0.4 is 5.32 Å². The van der Waals surface area contributed by atoms with Crippen LogP contribution in [-0.4, -0.2) is 22.9 Å². The second-order valence-corrected chi connectivity index (χ2v) is 6.06. The van der Waals surface area contributed by atoms with Gasteiger partial charge in [-0.05, 0) is 68.5 Å². The lowest BCUT2D eigenvalue weighted by Crippen LogP contribution is -2.26. The van der Waals surface area contributed by atoms with Crippen molar-refractivity contribution in [1.82, 2.24) is 15.1 Å². The molecule has 0 radical (unpaired) electrons. The van der Waals surface area contributed by atoms with E-state index in [0.717, 1.165) is 19.0 Å². The van der Waals surface area contributed by atoms with Crippen LogP contribution in [0.5, 0.6) is 0 Å². The summed E-state index contributed by atoms with van der Waals surface area (Å²) < 4.78 is 2.14. The van der Waals surface area contributed by atoms with Crippen molar-refractivity contribution in [2.24, 2.45) is 0 Å². The number of rotatable bonds is 3. The Morgan fingerprint density at radius 3 is 2.65 bits per heavy atom. The molecule has 2 fully saturated rings. The van der Waals surface area contributed by atoms with Gasteiger partial charge < -0.3 is 5.32 Å². The maximum atomic E-state index is 4.54. The first-order chi connectivity index (χ1) is 9.92. The molecular formula is C17H21N3. The van der Waals surface area contributed by atoms with Gasteiger partial charge in [-0.3, -0.25) is 0 Å². The third-order valence-corrected chi connectivity index (χ3v) is 4.59. The topological polar surface area (TPSA) is 29.9 Å². The molecule has 0 amide bonds. The molecule has 2 heterocycles. The van der Waals surface area contributed by atoms with E-state index >= 15 is 0 Å². The highest BCUT2D eigenvalue weighted by Gasteiger charge is 2.27. The van der Waals surface area contributed by atoms with Crippen LogP contribution >= 0.6 is 0 Å². The number of nitrogens with one attached hydrogen (secondary N) is 1. The molecule has 4 rings (SSSR count). The summed E-state index contributed by atoms with van der Waals surface area (Å²) in [6, 6.07) is 11.2. The highest BCUT2D eigenvalue weighted by atomic mass is 15.3. The van der Waals surface area contributed by atoms with E-state index in [0.29, 0.717) is 5.92 Å². The standard InChI is InChI=1S/C17H21N3/c1-2-15(13-6-9-18-10-7-13)12-16(3-1)20-17(8-11-19-20)14-4-5-14/h1-3,8,11-14,18H,4-7,9-10H2. The Balaban J connectivity index is 1.66. The zero-order chi connectivity index (χ0) is 13.4. The summed E-state index contributed by atoms with van der Waals surface area (Å²) in [6.07, 6.45) is 7.07. The number of nitrogens with zero attached hydrogens (tertiary/aromatic N) is 2. The minimum atomic E-state index is 0.705. The molecule has 0 spiro atoms. The van der Waals surface area contributed by atoms with E-state index in [2.05, 4.69) is 45.4 Å². The normalized spacial score (nSPS) is 20.2. The van der Waals surface area contributed by atoms with Gasteiger partial charge in [-0.1, -0.05) is 12.1 Å². The minimum absolute atomic E-state index is 0.705. The quantitative estimate of drug-likeness (QED) is 0.925. The molecule has 1 saturated carbocycles. The first-order valence-corrected chi connectivity index (χ1v) is 7.77. The summed E-state index contributed by atoms with van der Waals surface area (Å²) >= 11 is 0. The molecule has 1 aromatic carbocycles. The fraction of sp³-hybridized carbons (Fsp3) is 0.471. The average Bonchev–Trinajstić information content (AvgIpc) is 3.25. The maximum Gasteiger partial charge on any atom is 0.0651 e. The summed E-state index contributed by atoms with van der Waals surface area (Å²) in [5.74, 6) is 1.44. The molecule has 1 N–H and O–H groups in total. The van der Waals surface area contributed by atoms with Crippen molar-refractivity contribution < 1.29 is 0 Å². The molecule has 1 aliphatic heterocycles. The Kier molecular flexibility index (Phi) is 3.07. The zero-order valence-corrected chi connectivity index (χ0v) is 11.8. The molecule has 2 aromatic rings. The van der Waals surface area contributed by atoms with Crippen LogP contribution in [0.1, 0.15) is 48.8 Å². The molecule has 2 aliphatic rings. The van der Waals surface area contributed by atoms with Crippen LogP contribution in [0.3, 0.4) is 0 Å². The van der Waals surface area contributed by atoms with Gasteiger partial charge in [0.1, 0.15) is 0 Å². The second-order valence-electron chi connectivity index (χ2n) is 6.06. The Labute approximate surface area is 120 Å². The van der Waals surface area contributed by atoms with Crippen molar-refractivity contribution >= 4 is 0 Å². The maximum absolute atomic E-state index is 4.54. The summed E-state index contributed by atoms with van der Waals surface area (Å²) in [6.45, 7) is 2.29. The van der Waals surface area contributed by atoms with E-state index in [1.165, 1.54) is 42.6 Å². The fourth-order valence-corrected chi connectivity index (χ4v) is 3.28. The van der Waals surface area contributed by atoms with Gasteiger partial charge in [0.05, 0.1) is 5.69 Å². The first kappa shape index (κ1) is 12.2. The number of benzene rings is 1. The highest BCUT2D eigenvalue weighted by Crippen LogP contribution is 2.40. The van der Waals surface area contributed by atoms with Crippen molar-refractivity contribution in [3.05, 3.63) is 47.8 Å². The minimum Gasteiger partial charge on any atom is -0.317 e. The molecule has 104 valence electrons. The van der Waals surface area contributed by atoms with E-state index in [-0.39, 0.29) is 0 Å². The SMILES string of the molecule is c1cc(C2CCNCC2)cc(-n2nccc2C2CC2)c1. The molecular weight excluding hydrogens is 246 g/mol. The van der Waals surface area contributed by atoms with Crippen LogP contribution in [0, 0.1) is 0 Å². The van der Waals surface area contributed by atoms with Crippen LogP contribution in [0.4, 0.5) is 0 Å². The molecule has 20 heavy (non-hydrogen) atoms. The van der Waals surface area contributed by atoms with Gasteiger partial charge in [0.2, 0.25) is 0 Å². The van der Waals surface area contributed by atoms with Crippen LogP contribution in [0.2, 0.25) is 0 Å². The smallest absolute Gasteiger partial charge is 0.0651 e. The van der Waals surface area contributed by atoms with E-state index < -0.39 is 0 Å². The molecule has 0 atom stereocenters. The lowest BCUT2D eigenvalue weighted by Gasteiger charge is -2.23. The van der Waals surface area contributed by atoms with E-state index in [1.807, 2.05) is 6.20 Å². The third kappa shape index (κ3) is 2.27. The molecule has 0 unspecified atom stereocenters. The number of hydrogen-bond donors (Lipinski definition) is 1. The lowest BCUT2D eigenvalue weighted by molar-refractivity contribution is 0.460. The number of hydrogen-bond acceptors (Lipinski definition) is 2. The van der Waals surface area contributed by atoms with Gasteiger partial charge in [0.15, 0.2) is 0 Å². The molecule has 1 aromatic heterocycles. The summed E-state index contributed by atoms with van der Waals surface area (Å²) in [5, 5.41) is 7.98. The van der Waals surface area contributed by atoms with E-state index in [9.17, 15) is 0 Å². The van der Waals surface area contributed by atoms with E-state index in [4.69, 9.17) is 0 Å². The van der Waals surface area contributed by atoms with Crippen LogP contribution in [0.15, 0.2) is 36.5 Å². The van der Waals surface area contributed by atoms with Crippen molar-refractivity contribution in [3.63, 3.8) is 0 Å². The van der Waals surface area contributed by atoms with Crippen LogP contribution in [-0.2, 0) is 0 Å². The summed E-state index contributed by atoms with van der Waals surface area (Å²) in [5.41, 5.74) is 4.08. The van der Waals surface area contributed by atoms with E-state index in [1.54, 1.807) is 0 Å².